The van der Waals surface area contributed by atoms with E-state index in [1.807, 2.05) is 53.8 Å². The second-order valence-corrected chi connectivity index (χ2v) is 10.1. The van der Waals surface area contributed by atoms with Crippen LogP contribution in [-0.4, -0.2) is 80.9 Å². The number of carbonyl (C=O) groups is 2. The van der Waals surface area contributed by atoms with Gasteiger partial charge in [0.05, 0.1) is 13.7 Å². The number of rotatable bonds is 11. The molecule has 0 bridgehead atoms. The Hall–Kier alpha value is -1.97. The van der Waals surface area contributed by atoms with Gasteiger partial charge in [-0.2, -0.15) is 0 Å². The van der Waals surface area contributed by atoms with Crippen molar-refractivity contribution < 1.29 is 23.8 Å². The highest BCUT2D eigenvalue weighted by atomic mass is 32.2. The molecule has 1 N–H and O–H groups in total. The second kappa shape index (κ2) is 16.6. The lowest BCUT2D eigenvalue weighted by molar-refractivity contribution is -0.134. The molecule has 0 spiro atoms. The third kappa shape index (κ3) is 14.3. The Morgan fingerprint density at radius 3 is 2.15 bits per heavy atom. The Bertz CT molecular complexity index is 730. The Kier molecular flexibility index (Phi) is 15.7. The van der Waals surface area contributed by atoms with Crippen molar-refractivity contribution in [3.05, 3.63) is 23.3 Å². The molecule has 8 nitrogen and oxygen atoms in total. The molecular weight excluding hydrogens is 454 g/mol. The molecule has 9 heteroatoms. The molecule has 0 heterocycles. The van der Waals surface area contributed by atoms with E-state index < -0.39 is 5.60 Å². The fourth-order valence-electron chi connectivity index (χ4n) is 2.55. The van der Waals surface area contributed by atoms with Crippen LogP contribution in [-0.2, 0) is 14.3 Å². The first-order valence-electron chi connectivity index (χ1n) is 11.7. The van der Waals surface area contributed by atoms with Crippen molar-refractivity contribution in [2.75, 3.05) is 54.1 Å². The average Bonchev–Trinajstić information content (AvgIpc) is 2.76. The van der Waals surface area contributed by atoms with Crippen LogP contribution in [0.15, 0.2) is 17.0 Å². The maximum absolute atomic E-state index is 11.6. The first-order chi connectivity index (χ1) is 15.8. The zero-order valence-corrected chi connectivity index (χ0v) is 23.6. The quantitative estimate of drug-likeness (QED) is 0.350. The maximum Gasteiger partial charge on any atom is 0.407 e. The summed E-state index contributed by atoms with van der Waals surface area (Å²) < 4.78 is 17.9. The van der Waals surface area contributed by atoms with Crippen molar-refractivity contribution in [3.8, 4) is 5.75 Å². The third-order valence-electron chi connectivity index (χ3n) is 4.51. The third-order valence-corrected chi connectivity index (χ3v) is 5.83. The number of carbonyl (C=O) groups excluding carboxylic acids is 2. The van der Waals surface area contributed by atoms with Gasteiger partial charge in [-0.25, -0.2) is 9.10 Å². The van der Waals surface area contributed by atoms with Gasteiger partial charge >= 0.3 is 6.09 Å². The van der Waals surface area contributed by atoms with E-state index in [4.69, 9.17) is 14.2 Å². The van der Waals surface area contributed by atoms with Gasteiger partial charge in [-0.05, 0) is 90.2 Å². The average molecular weight is 500 g/mol. The molecule has 34 heavy (non-hydrogen) atoms. The van der Waals surface area contributed by atoms with Crippen LogP contribution in [0, 0.1) is 13.8 Å². The number of nitrogens with zero attached hydrogens (tertiary/aromatic N) is 2. The lowest BCUT2D eigenvalue weighted by atomic mass is 10.1. The molecule has 1 aromatic rings. The minimum Gasteiger partial charge on any atom is -0.497 e. The van der Waals surface area contributed by atoms with Gasteiger partial charge in [0.25, 0.3) is 0 Å². The fourth-order valence-corrected chi connectivity index (χ4v) is 3.44. The monoisotopic (exact) mass is 499 g/mol. The van der Waals surface area contributed by atoms with Crippen LogP contribution in [0.1, 0.15) is 52.2 Å². The molecule has 2 amide bonds. The summed E-state index contributed by atoms with van der Waals surface area (Å²) in [5, 5.41) is 2.63. The second-order valence-electron chi connectivity index (χ2n) is 8.92. The van der Waals surface area contributed by atoms with Gasteiger partial charge in [-0.1, -0.05) is 6.92 Å². The van der Waals surface area contributed by atoms with Crippen molar-refractivity contribution in [1.82, 2.24) is 14.5 Å². The number of likely N-dealkylation sites (N-methyl/N-ethyl adjacent to an activating group) is 2. The Morgan fingerprint density at radius 2 is 1.68 bits per heavy atom. The van der Waals surface area contributed by atoms with E-state index in [-0.39, 0.29) is 18.6 Å². The summed E-state index contributed by atoms with van der Waals surface area (Å²) in [4.78, 5) is 25.4. The van der Waals surface area contributed by atoms with Crippen LogP contribution >= 0.6 is 11.9 Å². The van der Waals surface area contributed by atoms with Gasteiger partial charge in [0, 0.05) is 31.6 Å². The Balaban J connectivity index is 0.000000833. The number of aryl methyl sites for hydroxylation is 2. The summed E-state index contributed by atoms with van der Waals surface area (Å²) in [6, 6.07) is 4.08. The number of nitrogens with one attached hydrogen (secondary N) is 1. The SMILES string of the molecule is CCCNC(=O)OC(C)(C)C.CCN(C)C(=O)COCCN(C)Sc1c(C)cc(OC)cc1C. The van der Waals surface area contributed by atoms with Crippen molar-refractivity contribution in [2.45, 2.75) is 65.4 Å². The van der Waals surface area contributed by atoms with Gasteiger partial charge in [-0.15, -0.1) is 0 Å². The fraction of sp³-hybridized carbons (Fsp3) is 0.680. The predicted molar refractivity (Wildman–Crippen MR) is 140 cm³/mol. The van der Waals surface area contributed by atoms with E-state index in [1.165, 1.54) is 16.0 Å². The van der Waals surface area contributed by atoms with E-state index in [2.05, 4.69) is 23.5 Å². The maximum atomic E-state index is 11.6. The highest BCUT2D eigenvalue weighted by molar-refractivity contribution is 7.97. The molecule has 1 aromatic carbocycles. The summed E-state index contributed by atoms with van der Waals surface area (Å²) in [6.45, 7) is 16.4. The number of hydrogen-bond donors (Lipinski definition) is 1. The van der Waals surface area contributed by atoms with E-state index in [9.17, 15) is 9.59 Å². The molecule has 0 atom stereocenters. The number of amides is 2. The molecule has 196 valence electrons. The number of methoxy groups -OCH3 is 1. The topological polar surface area (TPSA) is 80.3 Å². The summed E-state index contributed by atoms with van der Waals surface area (Å²) in [5.41, 5.74) is 2.00. The summed E-state index contributed by atoms with van der Waals surface area (Å²) in [5.74, 6) is 0.901. The zero-order chi connectivity index (χ0) is 26.3. The Labute approximate surface area is 210 Å². The predicted octanol–water partition coefficient (Wildman–Crippen LogP) is 4.67. The molecular formula is C25H45N3O5S. The molecule has 0 aromatic heterocycles. The van der Waals surface area contributed by atoms with Crippen LogP contribution in [0.25, 0.3) is 0 Å². The first-order valence-corrected chi connectivity index (χ1v) is 12.4. The first kappa shape index (κ1) is 32.0. The molecule has 0 radical (unpaired) electrons. The normalized spacial score (nSPS) is 10.9. The van der Waals surface area contributed by atoms with Gasteiger partial charge in [-0.3, -0.25) is 4.79 Å². The minimum atomic E-state index is -0.391. The molecule has 0 aliphatic carbocycles. The van der Waals surface area contributed by atoms with E-state index in [0.29, 0.717) is 19.7 Å². The minimum absolute atomic E-state index is 0.0182. The molecule has 0 aliphatic rings. The molecule has 0 unspecified atom stereocenters. The largest absolute Gasteiger partial charge is 0.497 e. The summed E-state index contributed by atoms with van der Waals surface area (Å²) >= 11 is 1.69. The molecule has 0 saturated heterocycles. The Morgan fingerprint density at radius 1 is 1.09 bits per heavy atom. The summed E-state index contributed by atoms with van der Waals surface area (Å²) in [7, 11) is 5.49. The standard InChI is InChI=1S/C17H28N2O3S.C8H17NO2/c1-7-18(4)16(20)12-22-9-8-19(5)23-17-13(2)10-15(21-6)11-14(17)3;1-5-6-9-7(10)11-8(2,3)4/h10-11H,7-9,12H2,1-6H3;5-6H2,1-4H3,(H,9,10). The summed E-state index contributed by atoms with van der Waals surface area (Å²) in [6.07, 6.45) is 0.596. The van der Waals surface area contributed by atoms with Crippen LogP contribution in [0.3, 0.4) is 0 Å². The van der Waals surface area contributed by atoms with Gasteiger partial charge < -0.3 is 24.4 Å². The van der Waals surface area contributed by atoms with Crippen molar-refractivity contribution in [3.63, 3.8) is 0 Å². The number of alkyl carbamates (subject to hydrolysis) is 1. The molecule has 0 fully saturated rings. The van der Waals surface area contributed by atoms with Crippen molar-refractivity contribution in [1.29, 1.82) is 0 Å². The van der Waals surface area contributed by atoms with Crippen LogP contribution < -0.4 is 10.1 Å². The van der Waals surface area contributed by atoms with Crippen molar-refractivity contribution in [2.24, 2.45) is 0 Å². The lowest BCUT2D eigenvalue weighted by Gasteiger charge is -2.19. The highest BCUT2D eigenvalue weighted by Crippen LogP contribution is 2.31. The number of hydrogen-bond acceptors (Lipinski definition) is 7. The van der Waals surface area contributed by atoms with E-state index >= 15 is 0 Å². The lowest BCUT2D eigenvalue weighted by Crippen LogP contribution is -2.32. The molecule has 0 saturated carbocycles. The van der Waals surface area contributed by atoms with Crippen molar-refractivity contribution >= 4 is 23.9 Å². The van der Waals surface area contributed by atoms with Gasteiger partial charge in [0.15, 0.2) is 0 Å². The smallest absolute Gasteiger partial charge is 0.407 e. The molecule has 1 rings (SSSR count). The van der Waals surface area contributed by atoms with Crippen LogP contribution in [0.5, 0.6) is 5.75 Å². The zero-order valence-electron chi connectivity index (χ0n) is 22.7. The number of ether oxygens (including phenoxy) is 3. The van der Waals surface area contributed by atoms with Gasteiger partial charge in [0.2, 0.25) is 5.91 Å². The van der Waals surface area contributed by atoms with Gasteiger partial charge in [0.1, 0.15) is 18.0 Å². The van der Waals surface area contributed by atoms with E-state index in [0.717, 1.165) is 18.7 Å². The number of benzene rings is 1. The van der Waals surface area contributed by atoms with Crippen LogP contribution in [0.4, 0.5) is 4.79 Å². The van der Waals surface area contributed by atoms with E-state index in [1.54, 1.807) is 31.0 Å². The molecule has 0 aliphatic heterocycles. The van der Waals surface area contributed by atoms with Crippen LogP contribution in [0.2, 0.25) is 0 Å². The highest BCUT2D eigenvalue weighted by Gasteiger charge is 2.15.